The summed E-state index contributed by atoms with van der Waals surface area (Å²) in [6.45, 7) is 0. The normalized spacial score (nSPS) is 11.6. The van der Waals surface area contributed by atoms with Crippen molar-refractivity contribution in [1.82, 2.24) is 4.57 Å². The fraction of sp³-hybridized carbons (Fsp3) is 0. The zero-order valence-electron chi connectivity index (χ0n) is 29.9. The number of benzene rings is 9. The Bertz CT molecular complexity index is 3190. The van der Waals surface area contributed by atoms with Gasteiger partial charge in [0.2, 0.25) is 0 Å². The summed E-state index contributed by atoms with van der Waals surface area (Å²) in [6.07, 6.45) is 0. The highest BCUT2D eigenvalue weighted by atomic mass is 16.3. The molecule has 258 valence electrons. The minimum absolute atomic E-state index is 0.895. The first-order valence-electron chi connectivity index (χ1n) is 18.8. The maximum absolute atomic E-state index is 6.46. The summed E-state index contributed by atoms with van der Waals surface area (Å²) in [5.74, 6) is 0. The van der Waals surface area contributed by atoms with Crippen LogP contribution in [0.2, 0.25) is 0 Å². The molecule has 9 aromatic carbocycles. The van der Waals surface area contributed by atoms with E-state index in [-0.39, 0.29) is 0 Å². The predicted molar refractivity (Wildman–Crippen MR) is 231 cm³/mol. The molecule has 11 rings (SSSR count). The lowest BCUT2D eigenvalue weighted by molar-refractivity contribution is 0.669. The molecule has 0 saturated carbocycles. The van der Waals surface area contributed by atoms with Gasteiger partial charge in [0, 0.05) is 38.5 Å². The second-order valence-electron chi connectivity index (χ2n) is 14.1. The second kappa shape index (κ2) is 12.6. The van der Waals surface area contributed by atoms with Crippen LogP contribution in [0.5, 0.6) is 0 Å². The van der Waals surface area contributed by atoms with E-state index in [9.17, 15) is 0 Å². The Labute approximate surface area is 318 Å². The van der Waals surface area contributed by atoms with E-state index in [1.165, 1.54) is 38.0 Å². The monoisotopic (exact) mass is 702 g/mol. The number of hydrogen-bond donors (Lipinski definition) is 0. The fourth-order valence-electron chi connectivity index (χ4n) is 8.49. The highest BCUT2D eigenvalue weighted by Crippen LogP contribution is 2.46. The molecule has 0 radical (unpaired) electrons. The molecule has 0 N–H and O–H groups in total. The molecule has 11 aromatic rings. The van der Waals surface area contributed by atoms with Gasteiger partial charge in [-0.1, -0.05) is 146 Å². The van der Waals surface area contributed by atoms with Gasteiger partial charge < -0.3 is 13.9 Å². The predicted octanol–water partition coefficient (Wildman–Crippen LogP) is 14.6. The zero-order chi connectivity index (χ0) is 36.3. The van der Waals surface area contributed by atoms with Crippen LogP contribution in [-0.2, 0) is 0 Å². The molecule has 3 heteroatoms. The van der Waals surface area contributed by atoms with Crippen LogP contribution in [0.25, 0.3) is 82.5 Å². The minimum Gasteiger partial charge on any atom is -0.456 e. The minimum atomic E-state index is 0.895. The van der Waals surface area contributed by atoms with Crippen molar-refractivity contribution >= 4 is 71.6 Å². The Morgan fingerprint density at radius 1 is 0.400 bits per heavy atom. The van der Waals surface area contributed by atoms with Crippen LogP contribution < -0.4 is 4.90 Å². The summed E-state index contributed by atoms with van der Waals surface area (Å²) in [4.78, 5) is 2.43. The molecule has 0 aliphatic carbocycles. The molecule has 55 heavy (non-hydrogen) atoms. The smallest absolute Gasteiger partial charge is 0.136 e. The highest BCUT2D eigenvalue weighted by Gasteiger charge is 2.23. The molecule has 0 bridgehead atoms. The van der Waals surface area contributed by atoms with E-state index in [0.29, 0.717) is 0 Å². The summed E-state index contributed by atoms with van der Waals surface area (Å²) in [5.41, 5.74) is 13.1. The molecule has 3 nitrogen and oxygen atoms in total. The van der Waals surface area contributed by atoms with Crippen LogP contribution in [0.3, 0.4) is 0 Å². The third kappa shape index (κ3) is 5.05. The molecule has 0 aliphatic rings. The van der Waals surface area contributed by atoms with Gasteiger partial charge in [-0.05, 0) is 88.1 Å². The van der Waals surface area contributed by atoms with Gasteiger partial charge in [-0.3, -0.25) is 0 Å². The van der Waals surface area contributed by atoms with Crippen LogP contribution in [0, 0.1) is 0 Å². The molecule has 2 aromatic heterocycles. The van der Waals surface area contributed by atoms with Gasteiger partial charge in [0.1, 0.15) is 11.2 Å². The van der Waals surface area contributed by atoms with Gasteiger partial charge in [-0.15, -0.1) is 0 Å². The number of hydrogen-bond acceptors (Lipinski definition) is 2. The van der Waals surface area contributed by atoms with Crippen LogP contribution >= 0.6 is 0 Å². The maximum atomic E-state index is 6.46. The number of aromatic nitrogens is 1. The Morgan fingerprint density at radius 2 is 1.07 bits per heavy atom. The van der Waals surface area contributed by atoms with E-state index < -0.39 is 0 Å². The second-order valence-corrected chi connectivity index (χ2v) is 14.1. The summed E-state index contributed by atoms with van der Waals surface area (Å²) < 4.78 is 8.87. The summed E-state index contributed by atoms with van der Waals surface area (Å²) in [6, 6.07) is 73.9. The first-order chi connectivity index (χ1) is 27.3. The molecule has 0 aliphatic heterocycles. The molecule has 0 spiro atoms. The Kier molecular flexibility index (Phi) is 7.17. The van der Waals surface area contributed by atoms with Crippen molar-refractivity contribution in [2.24, 2.45) is 0 Å². The highest BCUT2D eigenvalue weighted by molar-refractivity contribution is 6.19. The topological polar surface area (TPSA) is 21.3 Å². The maximum Gasteiger partial charge on any atom is 0.136 e. The van der Waals surface area contributed by atoms with Crippen molar-refractivity contribution in [2.45, 2.75) is 0 Å². The fourth-order valence-corrected chi connectivity index (χ4v) is 8.49. The number of rotatable bonds is 6. The third-order valence-corrected chi connectivity index (χ3v) is 11.0. The number of nitrogens with zero attached hydrogens (tertiary/aromatic N) is 2. The van der Waals surface area contributed by atoms with E-state index >= 15 is 0 Å². The molecule has 0 saturated heterocycles. The quantitative estimate of drug-likeness (QED) is 0.172. The average Bonchev–Trinajstić information content (AvgIpc) is 3.81. The Balaban J connectivity index is 1.11. The molecule has 2 heterocycles. The van der Waals surface area contributed by atoms with E-state index in [0.717, 1.165) is 61.5 Å². The average molecular weight is 703 g/mol. The molecule has 0 fully saturated rings. The number of furan rings is 1. The van der Waals surface area contributed by atoms with E-state index in [1.807, 2.05) is 0 Å². The lowest BCUT2D eigenvalue weighted by Crippen LogP contribution is -2.12. The summed E-state index contributed by atoms with van der Waals surface area (Å²) in [5, 5.41) is 7.18. The Hall–Kier alpha value is -7.36. The molecular formula is C52H34N2O. The van der Waals surface area contributed by atoms with E-state index in [2.05, 4.69) is 216 Å². The molecular weight excluding hydrogens is 669 g/mol. The van der Waals surface area contributed by atoms with Crippen LogP contribution in [0.4, 0.5) is 17.1 Å². The lowest BCUT2D eigenvalue weighted by atomic mass is 9.99. The standard InChI is InChI=1S/C52H34N2O/c1-3-14-36(15-4-1)41-19-9-11-23-46(41)53(48-25-13-22-44-43-21-10-12-24-47(43)54(52(44)48)39-17-5-2-6-18-39)40-30-26-35(27-31-40)38-28-32-45-50(34-38)55-49-33-29-37-16-7-8-20-42(37)51(45)49/h1-34H. The summed E-state index contributed by atoms with van der Waals surface area (Å²) in [7, 11) is 0. The van der Waals surface area contributed by atoms with Gasteiger partial charge in [-0.25, -0.2) is 0 Å². The van der Waals surface area contributed by atoms with Crippen molar-refractivity contribution in [3.8, 4) is 27.9 Å². The summed E-state index contributed by atoms with van der Waals surface area (Å²) >= 11 is 0. The first kappa shape index (κ1) is 31.2. The third-order valence-electron chi connectivity index (χ3n) is 11.0. The van der Waals surface area contributed by atoms with Crippen LogP contribution in [-0.4, -0.2) is 4.57 Å². The van der Waals surface area contributed by atoms with Gasteiger partial charge in [0.15, 0.2) is 0 Å². The van der Waals surface area contributed by atoms with Gasteiger partial charge in [0.05, 0.1) is 22.4 Å². The van der Waals surface area contributed by atoms with E-state index in [1.54, 1.807) is 0 Å². The molecule has 0 atom stereocenters. The van der Waals surface area contributed by atoms with Crippen molar-refractivity contribution in [3.63, 3.8) is 0 Å². The number of para-hydroxylation sites is 4. The van der Waals surface area contributed by atoms with E-state index in [4.69, 9.17) is 4.42 Å². The lowest BCUT2D eigenvalue weighted by Gasteiger charge is -2.29. The largest absolute Gasteiger partial charge is 0.456 e. The van der Waals surface area contributed by atoms with Crippen molar-refractivity contribution in [2.75, 3.05) is 4.90 Å². The van der Waals surface area contributed by atoms with Gasteiger partial charge in [0.25, 0.3) is 0 Å². The zero-order valence-corrected chi connectivity index (χ0v) is 29.9. The van der Waals surface area contributed by atoms with Crippen LogP contribution in [0.1, 0.15) is 0 Å². The molecule has 0 amide bonds. The molecule has 0 unspecified atom stereocenters. The number of anilines is 3. The van der Waals surface area contributed by atoms with Gasteiger partial charge >= 0.3 is 0 Å². The SMILES string of the molecule is c1ccc(-c2ccccc2N(c2ccc(-c3ccc4c(c3)oc3ccc5ccccc5c34)cc2)c2cccc3c4ccccc4n(-c4ccccc4)c23)cc1. The van der Waals surface area contributed by atoms with Crippen molar-refractivity contribution in [1.29, 1.82) is 0 Å². The number of fused-ring (bicyclic) bond motifs is 8. The van der Waals surface area contributed by atoms with Gasteiger partial charge in [-0.2, -0.15) is 0 Å². The van der Waals surface area contributed by atoms with Crippen LogP contribution in [0.15, 0.2) is 211 Å². The first-order valence-corrected chi connectivity index (χ1v) is 18.8. The Morgan fingerprint density at radius 3 is 1.93 bits per heavy atom. The van der Waals surface area contributed by atoms with Crippen molar-refractivity contribution in [3.05, 3.63) is 206 Å². The van der Waals surface area contributed by atoms with Crippen molar-refractivity contribution < 1.29 is 4.42 Å².